The summed E-state index contributed by atoms with van der Waals surface area (Å²) in [5.74, 6) is -0.593. The first kappa shape index (κ1) is 28.4. The summed E-state index contributed by atoms with van der Waals surface area (Å²) >= 11 is 0. The predicted molar refractivity (Wildman–Crippen MR) is 141 cm³/mol. The first-order valence-electron chi connectivity index (χ1n) is 12.7. The quantitative estimate of drug-likeness (QED) is 0.423. The van der Waals surface area contributed by atoms with E-state index in [1.807, 2.05) is 29.2 Å². The molecule has 0 saturated carbocycles. The fourth-order valence-electron chi connectivity index (χ4n) is 5.22. The molecule has 3 amide bonds. The molecular weight excluding hydrogens is 553 g/mol. The lowest BCUT2D eigenvalue weighted by Crippen LogP contribution is -2.52. The number of fused-ring (bicyclic) bond motifs is 1. The second-order valence-electron chi connectivity index (χ2n) is 9.96. The van der Waals surface area contributed by atoms with Crippen molar-refractivity contribution in [1.29, 1.82) is 0 Å². The molecule has 2 aromatic rings. The zero-order chi connectivity index (χ0) is 28.7. The Bertz CT molecular complexity index is 1320. The number of hydrogen-bond donors (Lipinski definition) is 3. The van der Waals surface area contributed by atoms with E-state index in [0.29, 0.717) is 27.7 Å². The number of imide groups is 1. The van der Waals surface area contributed by atoms with E-state index in [-0.39, 0.29) is 65.4 Å². The molecule has 0 aliphatic carbocycles. The first-order chi connectivity index (χ1) is 18.9. The largest absolute Gasteiger partial charge is 0.510 e. The molecule has 2 aromatic carbocycles. The van der Waals surface area contributed by atoms with E-state index in [4.69, 9.17) is 4.74 Å². The van der Waals surface area contributed by atoms with Gasteiger partial charge >= 0.3 is 5.51 Å². The number of hydrogen-bond acceptors (Lipinski definition) is 8. The molecule has 3 aliphatic rings. The van der Waals surface area contributed by atoms with E-state index in [1.54, 1.807) is 18.2 Å². The molecule has 218 valence electrons. The number of amides is 3. The Morgan fingerprint density at radius 1 is 1.02 bits per heavy atom. The number of alkyl halides is 3. The summed E-state index contributed by atoms with van der Waals surface area (Å²) in [5.41, 5.74) is -2.17. The van der Waals surface area contributed by atoms with Gasteiger partial charge < -0.3 is 9.64 Å². The topological polar surface area (TPSA) is 123 Å². The number of ether oxygens (including phenoxy) is 1. The molecule has 3 aliphatic heterocycles. The Balaban J connectivity index is 0.00000387. The third-order valence-electron chi connectivity index (χ3n) is 7.33. The molecule has 1 unspecified atom stereocenters. The average molecular weight is 585 g/mol. The Morgan fingerprint density at radius 3 is 2.42 bits per heavy atom. The molecule has 3 N–H and O–H groups in total. The molecule has 2 fully saturated rings. The second kappa shape index (κ2) is 11.0. The van der Waals surface area contributed by atoms with Crippen LogP contribution in [0.3, 0.4) is 0 Å². The Kier molecular flexibility index (Phi) is 7.81. The normalized spacial score (nSPS) is 21.4. The predicted octanol–water partition coefficient (Wildman–Crippen LogP) is 3.58. The van der Waals surface area contributed by atoms with E-state index in [9.17, 15) is 36.7 Å². The zero-order valence-electron chi connectivity index (χ0n) is 21.4. The van der Waals surface area contributed by atoms with E-state index < -0.39 is 28.2 Å². The van der Waals surface area contributed by atoms with Crippen LogP contribution in [-0.2, 0) is 29.3 Å². The maximum atomic E-state index is 13.0. The summed E-state index contributed by atoms with van der Waals surface area (Å²) in [5, 5.41) is 2.29. The van der Waals surface area contributed by atoms with Crippen molar-refractivity contribution in [3.63, 3.8) is 0 Å². The number of nitrogens with one attached hydrogen (secondary N) is 1. The molecule has 10 nitrogen and oxygen atoms in total. The number of piperidine rings is 1. The minimum atomic E-state index is -5.08. The summed E-state index contributed by atoms with van der Waals surface area (Å²) in [4.78, 5) is 40.3. The van der Waals surface area contributed by atoms with E-state index in [2.05, 4.69) is 5.32 Å². The van der Waals surface area contributed by atoms with Crippen molar-refractivity contribution in [3.8, 4) is 5.75 Å². The van der Waals surface area contributed by atoms with Gasteiger partial charge in [0, 0.05) is 51.7 Å². The number of halogens is 3. The lowest BCUT2D eigenvalue weighted by Gasteiger charge is -2.46. The fraction of sp³-hybridized carbons (Fsp3) is 0.423. The van der Waals surface area contributed by atoms with Crippen LogP contribution in [-0.4, -0.2) is 78.7 Å². The highest BCUT2D eigenvalue weighted by Crippen LogP contribution is 2.58. The molecule has 1 atom stereocenters. The molecule has 40 heavy (non-hydrogen) atoms. The summed E-state index contributed by atoms with van der Waals surface area (Å²) in [6.45, 7) is 1.15. The molecule has 5 rings (SSSR count). The van der Waals surface area contributed by atoms with E-state index >= 15 is 0 Å². The highest BCUT2D eigenvalue weighted by molar-refractivity contribution is 8.23. The van der Waals surface area contributed by atoms with Crippen molar-refractivity contribution in [3.05, 3.63) is 64.7 Å². The highest BCUT2D eigenvalue weighted by Gasteiger charge is 2.50. The van der Waals surface area contributed by atoms with Gasteiger partial charge in [0.05, 0.1) is 6.54 Å². The maximum absolute atomic E-state index is 13.0. The SMILES string of the molecule is O=C1CCC(N2Cc3c(OCc4cccc(CN5CCN(S(O)(O)C(F)(F)F)CC5)c4)cccc3C2=O)C(=O)N1.[HH]. The fourth-order valence-corrected chi connectivity index (χ4v) is 6.18. The van der Waals surface area contributed by atoms with Gasteiger partial charge in [0.15, 0.2) is 0 Å². The number of rotatable bonds is 7. The molecule has 0 spiro atoms. The summed E-state index contributed by atoms with van der Waals surface area (Å²) in [7, 11) is -4.83. The molecule has 3 heterocycles. The van der Waals surface area contributed by atoms with Crippen LogP contribution in [0.4, 0.5) is 13.2 Å². The van der Waals surface area contributed by atoms with Gasteiger partial charge in [-0.05, 0) is 40.5 Å². The van der Waals surface area contributed by atoms with Crippen molar-refractivity contribution >= 4 is 28.5 Å². The van der Waals surface area contributed by atoms with E-state index in [1.165, 1.54) is 4.90 Å². The van der Waals surface area contributed by atoms with Crippen LogP contribution in [0, 0.1) is 0 Å². The van der Waals surface area contributed by atoms with Gasteiger partial charge in [-0.1, -0.05) is 30.3 Å². The van der Waals surface area contributed by atoms with Crippen LogP contribution in [0.2, 0.25) is 0 Å². The molecule has 0 aromatic heterocycles. The van der Waals surface area contributed by atoms with Gasteiger partial charge in [-0.15, -0.1) is 0 Å². The Hall–Kier alpha value is -3.17. The van der Waals surface area contributed by atoms with Crippen molar-refractivity contribution in [2.75, 3.05) is 26.2 Å². The number of carbonyl (C=O) groups excluding carboxylic acids is 3. The molecule has 14 heteroatoms. The van der Waals surface area contributed by atoms with Crippen LogP contribution in [0.15, 0.2) is 42.5 Å². The van der Waals surface area contributed by atoms with Gasteiger partial charge in [-0.2, -0.15) is 17.5 Å². The van der Waals surface area contributed by atoms with Gasteiger partial charge in [-0.25, -0.2) is 0 Å². The van der Waals surface area contributed by atoms with Crippen LogP contribution in [0.25, 0.3) is 0 Å². The van der Waals surface area contributed by atoms with Gasteiger partial charge in [0.25, 0.3) is 5.91 Å². The minimum absolute atomic E-state index is 0. The number of nitrogens with zero attached hydrogens (tertiary/aromatic N) is 3. The van der Waals surface area contributed by atoms with Crippen LogP contribution >= 0.6 is 10.8 Å². The number of benzene rings is 2. The standard InChI is InChI=1S/C26H29F3N4O6S.H2/c27-26(28,29)40(37,38)32-11-9-31(10-12-32)14-17-3-1-4-18(13-17)16-39-22-6-2-5-19-20(22)15-33(25(19)36)21-7-8-23(34)30-24(21)35;/h1-6,13,21,37-38H,7-12,14-16H2,(H,30,34,35);1H. The zero-order valence-corrected chi connectivity index (χ0v) is 22.2. The van der Waals surface area contributed by atoms with Gasteiger partial charge in [-0.3, -0.25) is 33.7 Å². The van der Waals surface area contributed by atoms with Crippen LogP contribution in [0.5, 0.6) is 5.75 Å². The maximum Gasteiger partial charge on any atom is 0.510 e. The summed E-state index contributed by atoms with van der Waals surface area (Å²) in [6.07, 6.45) is 0.441. The monoisotopic (exact) mass is 584 g/mol. The lowest BCUT2D eigenvalue weighted by molar-refractivity contribution is -0.136. The molecular formula is C26H31F3N4O6S. The Morgan fingerprint density at radius 2 is 1.73 bits per heavy atom. The third kappa shape index (κ3) is 5.67. The number of carbonyl (C=O) groups is 3. The van der Waals surface area contributed by atoms with Crippen LogP contribution < -0.4 is 10.1 Å². The van der Waals surface area contributed by atoms with Crippen molar-refractivity contribution in [2.45, 2.75) is 44.1 Å². The molecule has 2 saturated heterocycles. The molecule has 0 bridgehead atoms. The minimum Gasteiger partial charge on any atom is -0.489 e. The summed E-state index contributed by atoms with van der Waals surface area (Å²) < 4.78 is 64.8. The second-order valence-corrected chi connectivity index (χ2v) is 12.0. The summed E-state index contributed by atoms with van der Waals surface area (Å²) in [6, 6.07) is 12.0. The number of piperazine rings is 1. The van der Waals surface area contributed by atoms with Crippen molar-refractivity contribution in [1.82, 2.24) is 19.4 Å². The lowest BCUT2D eigenvalue weighted by atomic mass is 10.0. The van der Waals surface area contributed by atoms with Gasteiger partial charge in [0.2, 0.25) is 11.8 Å². The van der Waals surface area contributed by atoms with Crippen molar-refractivity contribution < 1.29 is 42.8 Å². The third-order valence-corrected chi connectivity index (χ3v) is 9.04. The van der Waals surface area contributed by atoms with Crippen molar-refractivity contribution in [2.24, 2.45) is 0 Å². The van der Waals surface area contributed by atoms with E-state index in [0.717, 1.165) is 11.1 Å². The van der Waals surface area contributed by atoms with Crippen LogP contribution in [0.1, 0.15) is 41.3 Å². The molecule has 0 radical (unpaired) electrons. The van der Waals surface area contributed by atoms with Gasteiger partial charge in [0.1, 0.15) is 18.4 Å². The average Bonchev–Trinajstić information content (AvgIpc) is 3.24. The smallest absolute Gasteiger partial charge is 0.489 e. The highest BCUT2D eigenvalue weighted by atomic mass is 32.3. The Labute approximate surface area is 231 Å². The first-order valence-corrected chi connectivity index (χ1v) is 14.2.